The maximum Gasteiger partial charge on any atom is 0.408 e. The third-order valence-electron chi connectivity index (χ3n) is 6.35. The van der Waals surface area contributed by atoms with Gasteiger partial charge in [-0.3, -0.25) is 14.4 Å². The number of nitrogens with one attached hydrogen (secondary N) is 2. The summed E-state index contributed by atoms with van der Waals surface area (Å²) in [5, 5.41) is 5.33. The van der Waals surface area contributed by atoms with Gasteiger partial charge in [0.15, 0.2) is 0 Å². The molecule has 2 N–H and O–H groups in total. The van der Waals surface area contributed by atoms with E-state index in [2.05, 4.69) is 15.4 Å². The average molecular weight is 520 g/mol. The number of benzene rings is 1. The van der Waals surface area contributed by atoms with Gasteiger partial charge in [0, 0.05) is 5.54 Å². The predicted octanol–water partition coefficient (Wildman–Crippen LogP) is 4.20. The van der Waals surface area contributed by atoms with E-state index in [-0.39, 0.29) is 12.5 Å². The van der Waals surface area contributed by atoms with Gasteiger partial charge >= 0.3 is 12.1 Å². The molecule has 37 heavy (non-hydrogen) atoms. The van der Waals surface area contributed by atoms with Gasteiger partial charge < -0.3 is 25.0 Å². The Morgan fingerprint density at radius 3 is 2.05 bits per heavy atom. The van der Waals surface area contributed by atoms with Crippen molar-refractivity contribution in [3.63, 3.8) is 0 Å². The Labute approximate surface area is 221 Å². The fourth-order valence-electron chi connectivity index (χ4n) is 3.72. The Balaban J connectivity index is 3.66. The summed E-state index contributed by atoms with van der Waals surface area (Å²) >= 11 is 0. The van der Waals surface area contributed by atoms with Crippen LogP contribution in [0.3, 0.4) is 0 Å². The van der Waals surface area contributed by atoms with Crippen molar-refractivity contribution in [2.24, 2.45) is 5.92 Å². The first kappa shape index (κ1) is 31.9. The summed E-state index contributed by atoms with van der Waals surface area (Å²) in [6.45, 7) is 18.1. The van der Waals surface area contributed by atoms with Crippen LogP contribution in [0.15, 0.2) is 18.2 Å². The predicted molar refractivity (Wildman–Crippen MR) is 143 cm³/mol. The summed E-state index contributed by atoms with van der Waals surface area (Å²) in [6.07, 6.45) is -0.187. The molecule has 0 aliphatic rings. The molecule has 0 saturated heterocycles. The van der Waals surface area contributed by atoms with Crippen LogP contribution in [0.5, 0.6) is 0 Å². The molecule has 1 aromatic rings. The van der Waals surface area contributed by atoms with Crippen LogP contribution < -0.4 is 10.6 Å². The molecule has 0 saturated carbocycles. The molecule has 2 atom stereocenters. The van der Waals surface area contributed by atoms with Crippen molar-refractivity contribution >= 4 is 23.9 Å². The van der Waals surface area contributed by atoms with Crippen molar-refractivity contribution in [3.8, 4) is 0 Å². The summed E-state index contributed by atoms with van der Waals surface area (Å²) in [7, 11) is 1.24. The van der Waals surface area contributed by atoms with Crippen molar-refractivity contribution in [1.29, 1.82) is 0 Å². The minimum absolute atomic E-state index is 0.297. The van der Waals surface area contributed by atoms with Crippen LogP contribution in [0.2, 0.25) is 0 Å². The summed E-state index contributed by atoms with van der Waals surface area (Å²) in [6, 6.07) is 3.56. The van der Waals surface area contributed by atoms with Crippen LogP contribution in [0.4, 0.5) is 4.79 Å². The molecular formula is C28H45N3O6. The van der Waals surface area contributed by atoms with Crippen molar-refractivity contribution in [1.82, 2.24) is 15.5 Å². The first-order chi connectivity index (χ1) is 16.9. The molecule has 0 aliphatic carbocycles. The molecular weight excluding hydrogens is 474 g/mol. The SMILES string of the molecule is CCC(C)(C)N(C(=O)C(NC(=O)OC(C)(C)C)C(C)C)C(C(=O)NCC(=O)OC)c1ccc(C)c(C)c1. The minimum atomic E-state index is -1.06. The maximum absolute atomic E-state index is 14.2. The van der Waals surface area contributed by atoms with Gasteiger partial charge in [0.25, 0.3) is 0 Å². The standard InChI is InChI=1S/C28H45N3O6/c1-12-28(9,10)31(25(34)22(17(2)3)30-26(35)37-27(6,7)8)23(24(33)29-16-21(32)36-11)20-14-13-18(4)19(5)15-20/h13-15,17,22-23H,12,16H2,1-11H3,(H,29,33)(H,30,35). The third kappa shape index (κ3) is 9.05. The second kappa shape index (κ2) is 12.9. The van der Waals surface area contributed by atoms with Gasteiger partial charge in [-0.2, -0.15) is 0 Å². The lowest BCUT2D eigenvalue weighted by Gasteiger charge is -2.45. The minimum Gasteiger partial charge on any atom is -0.468 e. The van der Waals surface area contributed by atoms with Crippen LogP contribution in [-0.4, -0.2) is 59.6 Å². The number of methoxy groups -OCH3 is 1. The van der Waals surface area contributed by atoms with E-state index in [4.69, 9.17) is 4.74 Å². The zero-order valence-corrected chi connectivity index (χ0v) is 24.3. The summed E-state index contributed by atoms with van der Waals surface area (Å²) in [5.74, 6) is -1.85. The number of ether oxygens (including phenoxy) is 2. The highest BCUT2D eigenvalue weighted by atomic mass is 16.6. The lowest BCUT2D eigenvalue weighted by Crippen LogP contribution is -2.60. The highest BCUT2D eigenvalue weighted by molar-refractivity contribution is 5.93. The first-order valence-corrected chi connectivity index (χ1v) is 12.7. The topological polar surface area (TPSA) is 114 Å². The monoisotopic (exact) mass is 519 g/mol. The Morgan fingerprint density at radius 2 is 1.59 bits per heavy atom. The average Bonchev–Trinajstić information content (AvgIpc) is 2.79. The van der Waals surface area contributed by atoms with E-state index in [1.54, 1.807) is 20.8 Å². The molecule has 2 unspecified atom stereocenters. The van der Waals surface area contributed by atoms with E-state index in [9.17, 15) is 19.2 Å². The Bertz CT molecular complexity index is 981. The molecule has 0 spiro atoms. The summed E-state index contributed by atoms with van der Waals surface area (Å²) in [5.41, 5.74) is 1.06. The van der Waals surface area contributed by atoms with Gasteiger partial charge in [-0.05, 0) is 77.5 Å². The van der Waals surface area contributed by atoms with E-state index in [1.807, 2.05) is 66.7 Å². The highest BCUT2D eigenvalue weighted by Crippen LogP contribution is 2.33. The Kier molecular flexibility index (Phi) is 11.2. The second-order valence-corrected chi connectivity index (χ2v) is 11.3. The van der Waals surface area contributed by atoms with Crippen molar-refractivity contribution in [2.45, 2.75) is 98.9 Å². The van der Waals surface area contributed by atoms with Gasteiger partial charge in [0.2, 0.25) is 11.8 Å². The van der Waals surface area contributed by atoms with Crippen LogP contribution in [0.25, 0.3) is 0 Å². The van der Waals surface area contributed by atoms with Crippen LogP contribution >= 0.6 is 0 Å². The molecule has 1 rings (SSSR count). The van der Waals surface area contributed by atoms with Gasteiger partial charge in [0.1, 0.15) is 24.2 Å². The number of amides is 3. The Hall–Kier alpha value is -3.10. The fraction of sp³-hybridized carbons (Fsp3) is 0.643. The highest BCUT2D eigenvalue weighted by Gasteiger charge is 2.44. The number of nitrogens with zero attached hydrogens (tertiary/aromatic N) is 1. The molecule has 208 valence electrons. The number of hydrogen-bond donors (Lipinski definition) is 2. The zero-order valence-electron chi connectivity index (χ0n) is 24.3. The molecule has 9 heteroatoms. The van der Waals surface area contributed by atoms with Gasteiger partial charge in [-0.1, -0.05) is 39.0 Å². The second-order valence-electron chi connectivity index (χ2n) is 11.3. The van der Waals surface area contributed by atoms with E-state index in [1.165, 1.54) is 12.0 Å². The smallest absolute Gasteiger partial charge is 0.408 e. The third-order valence-corrected chi connectivity index (χ3v) is 6.35. The van der Waals surface area contributed by atoms with E-state index >= 15 is 0 Å². The zero-order chi connectivity index (χ0) is 28.7. The van der Waals surface area contributed by atoms with Crippen LogP contribution in [-0.2, 0) is 23.9 Å². The lowest BCUT2D eigenvalue weighted by atomic mass is 9.89. The number of rotatable bonds is 10. The fourth-order valence-corrected chi connectivity index (χ4v) is 3.72. The molecule has 0 radical (unpaired) electrons. The molecule has 0 aliphatic heterocycles. The molecule has 1 aromatic carbocycles. The van der Waals surface area contributed by atoms with E-state index in [0.29, 0.717) is 12.0 Å². The normalized spacial score (nSPS) is 13.4. The van der Waals surface area contributed by atoms with E-state index in [0.717, 1.165) is 11.1 Å². The number of aryl methyl sites for hydroxylation is 2. The maximum atomic E-state index is 14.2. The largest absolute Gasteiger partial charge is 0.468 e. The molecule has 0 fully saturated rings. The lowest BCUT2D eigenvalue weighted by molar-refractivity contribution is -0.151. The van der Waals surface area contributed by atoms with Crippen molar-refractivity contribution in [3.05, 3.63) is 34.9 Å². The molecule has 0 bridgehead atoms. The van der Waals surface area contributed by atoms with Crippen LogP contribution in [0.1, 0.15) is 84.5 Å². The number of carbonyl (C=O) groups is 4. The van der Waals surface area contributed by atoms with Gasteiger partial charge in [-0.15, -0.1) is 0 Å². The first-order valence-electron chi connectivity index (χ1n) is 12.7. The molecule has 0 heterocycles. The van der Waals surface area contributed by atoms with Gasteiger partial charge in [0.05, 0.1) is 7.11 Å². The van der Waals surface area contributed by atoms with Crippen molar-refractivity contribution < 1.29 is 28.7 Å². The molecule has 0 aromatic heterocycles. The number of alkyl carbamates (subject to hydrolysis) is 1. The molecule has 3 amide bonds. The van der Waals surface area contributed by atoms with Crippen LogP contribution in [0, 0.1) is 19.8 Å². The quantitative estimate of drug-likeness (QED) is 0.448. The number of esters is 1. The van der Waals surface area contributed by atoms with Crippen molar-refractivity contribution in [2.75, 3.05) is 13.7 Å². The van der Waals surface area contributed by atoms with E-state index < -0.39 is 47.1 Å². The summed E-state index contributed by atoms with van der Waals surface area (Å²) in [4.78, 5) is 53.8. The number of hydrogen-bond acceptors (Lipinski definition) is 6. The Morgan fingerprint density at radius 1 is 1.00 bits per heavy atom. The summed E-state index contributed by atoms with van der Waals surface area (Å²) < 4.78 is 10.1. The van der Waals surface area contributed by atoms with Gasteiger partial charge in [-0.25, -0.2) is 4.79 Å². The molecule has 9 nitrogen and oxygen atoms in total. The number of carbonyl (C=O) groups excluding carboxylic acids is 4.